The van der Waals surface area contributed by atoms with Crippen LogP contribution in [0.5, 0.6) is 5.75 Å². The van der Waals surface area contributed by atoms with Gasteiger partial charge in [0.1, 0.15) is 18.4 Å². The maximum absolute atomic E-state index is 12.9. The maximum Gasteiger partial charge on any atom is 0.406 e. The van der Waals surface area contributed by atoms with Crippen LogP contribution in [0.15, 0.2) is 52.3 Å². The zero-order valence-corrected chi connectivity index (χ0v) is 22.8. The Labute approximate surface area is 230 Å². The molecule has 1 saturated heterocycles. The molecule has 4 aromatic rings. The smallest absolute Gasteiger partial charge is 0.406 e. The summed E-state index contributed by atoms with van der Waals surface area (Å²) in [6.07, 6.45) is -0.161. The lowest BCUT2D eigenvalue weighted by Crippen LogP contribution is -2.45. The van der Waals surface area contributed by atoms with Crippen molar-refractivity contribution < 1.29 is 17.9 Å². The number of benzene rings is 1. The average Bonchev–Trinajstić information content (AvgIpc) is 3.28. The number of ether oxygens (including phenoxy) is 1. The van der Waals surface area contributed by atoms with Crippen molar-refractivity contribution >= 4 is 33.2 Å². The minimum absolute atomic E-state index is 0.0163. The second-order valence-electron chi connectivity index (χ2n) is 9.69. The summed E-state index contributed by atoms with van der Waals surface area (Å²) in [6.45, 7) is 3.33. The molecule has 2 atom stereocenters. The van der Waals surface area contributed by atoms with Crippen molar-refractivity contribution in [2.24, 2.45) is 0 Å². The lowest BCUT2D eigenvalue weighted by atomic mass is 10.00. The van der Waals surface area contributed by atoms with Crippen LogP contribution in [0.3, 0.4) is 0 Å². The van der Waals surface area contributed by atoms with Gasteiger partial charge in [0.2, 0.25) is 0 Å². The molecule has 39 heavy (non-hydrogen) atoms. The van der Waals surface area contributed by atoms with Gasteiger partial charge in [0.15, 0.2) is 0 Å². The van der Waals surface area contributed by atoms with Crippen LogP contribution in [0.1, 0.15) is 30.2 Å². The number of hydrogen-bond donors (Lipinski definition) is 1. The van der Waals surface area contributed by atoms with Crippen molar-refractivity contribution in [3.8, 4) is 16.9 Å². The van der Waals surface area contributed by atoms with E-state index in [-0.39, 0.29) is 18.7 Å². The van der Waals surface area contributed by atoms with Crippen molar-refractivity contribution in [2.75, 3.05) is 6.54 Å². The quantitative estimate of drug-likeness (QED) is 0.332. The van der Waals surface area contributed by atoms with Gasteiger partial charge in [-0.1, -0.05) is 11.6 Å². The molecule has 1 N–H and O–H groups in total. The summed E-state index contributed by atoms with van der Waals surface area (Å²) in [5.74, 6) is 0.719. The molecule has 0 unspecified atom stereocenters. The van der Waals surface area contributed by atoms with Crippen molar-refractivity contribution in [1.29, 1.82) is 0 Å². The zero-order valence-electron chi connectivity index (χ0n) is 21.2. The van der Waals surface area contributed by atoms with Gasteiger partial charge in [-0.05, 0) is 63.1 Å². The number of halogens is 4. The fourth-order valence-electron chi connectivity index (χ4n) is 4.86. The topological polar surface area (TPSA) is 78.2 Å². The molecule has 1 aliphatic rings. The summed E-state index contributed by atoms with van der Waals surface area (Å²) in [4.78, 5) is 30.2. The first-order valence-electron chi connectivity index (χ1n) is 12.4. The Hall–Kier alpha value is -3.15. The third-order valence-corrected chi connectivity index (χ3v) is 8.11. The molecule has 1 aliphatic heterocycles. The molecule has 0 spiro atoms. The van der Waals surface area contributed by atoms with Gasteiger partial charge >= 0.3 is 11.9 Å². The van der Waals surface area contributed by atoms with Crippen LogP contribution in [0.2, 0.25) is 5.02 Å². The van der Waals surface area contributed by atoms with Crippen LogP contribution in [0, 0.1) is 6.92 Å². The van der Waals surface area contributed by atoms with E-state index in [1.54, 1.807) is 12.3 Å². The van der Waals surface area contributed by atoms with E-state index in [9.17, 15) is 22.8 Å². The highest BCUT2D eigenvalue weighted by Gasteiger charge is 2.29. The fraction of sp³-hybridized carbons (Fsp3) is 0.370. The molecule has 0 bridgehead atoms. The largest absolute Gasteiger partial charge is 0.488 e. The molecular weight excluding hydrogens is 553 g/mol. The van der Waals surface area contributed by atoms with Crippen LogP contribution in [-0.2, 0) is 13.1 Å². The molecule has 0 amide bonds. The minimum atomic E-state index is -4.59. The van der Waals surface area contributed by atoms with E-state index in [0.29, 0.717) is 20.0 Å². The normalized spacial score (nSPS) is 18.0. The van der Waals surface area contributed by atoms with Gasteiger partial charge in [0.05, 0.1) is 16.8 Å². The van der Waals surface area contributed by atoms with Crippen LogP contribution in [0.25, 0.3) is 21.3 Å². The van der Waals surface area contributed by atoms with Crippen LogP contribution < -0.4 is 21.3 Å². The van der Waals surface area contributed by atoms with Crippen molar-refractivity contribution in [3.05, 3.63) is 79.0 Å². The second kappa shape index (κ2) is 10.8. The highest BCUT2D eigenvalue weighted by molar-refractivity contribution is 7.19. The number of alkyl halides is 3. The lowest BCUT2D eigenvalue weighted by Gasteiger charge is -2.31. The van der Waals surface area contributed by atoms with E-state index in [0.717, 1.165) is 63.4 Å². The van der Waals surface area contributed by atoms with E-state index in [1.165, 1.54) is 11.3 Å². The minimum Gasteiger partial charge on any atom is -0.488 e. The first-order chi connectivity index (χ1) is 18.5. The number of nitrogens with zero attached hydrogens (tertiary/aromatic N) is 3. The molecule has 0 saturated carbocycles. The Bertz CT molecular complexity index is 1650. The highest BCUT2D eigenvalue weighted by Crippen LogP contribution is 2.42. The molecule has 1 aromatic carbocycles. The summed E-state index contributed by atoms with van der Waals surface area (Å²) >= 11 is 7.78. The first-order valence-corrected chi connectivity index (χ1v) is 13.6. The van der Waals surface area contributed by atoms with Crippen molar-refractivity contribution in [2.45, 2.75) is 58.1 Å². The van der Waals surface area contributed by atoms with E-state index >= 15 is 0 Å². The van der Waals surface area contributed by atoms with Gasteiger partial charge in [0, 0.05) is 45.5 Å². The summed E-state index contributed by atoms with van der Waals surface area (Å²) in [7, 11) is 0. The molecule has 206 valence electrons. The number of hydrogen-bond acceptors (Lipinski definition) is 6. The van der Waals surface area contributed by atoms with E-state index in [4.69, 9.17) is 16.3 Å². The Morgan fingerprint density at radius 3 is 2.74 bits per heavy atom. The van der Waals surface area contributed by atoms with Gasteiger partial charge in [-0.25, -0.2) is 4.79 Å². The second-order valence-corrected chi connectivity index (χ2v) is 11.3. The molecule has 0 aliphatic carbocycles. The number of aryl methyl sites for hydroxylation is 1. The van der Waals surface area contributed by atoms with Crippen molar-refractivity contribution in [3.63, 3.8) is 0 Å². The Balaban J connectivity index is 1.56. The molecule has 4 heterocycles. The number of nitrogens with one attached hydrogen (secondary N) is 1. The number of rotatable bonds is 6. The summed E-state index contributed by atoms with van der Waals surface area (Å²) in [6, 6.07) is 8.43. The van der Waals surface area contributed by atoms with Gasteiger partial charge in [0.25, 0.3) is 5.56 Å². The number of aromatic nitrogens is 3. The Morgan fingerprint density at radius 2 is 2.00 bits per heavy atom. The molecule has 12 heteroatoms. The number of pyridine rings is 1. The van der Waals surface area contributed by atoms with E-state index < -0.39 is 24.0 Å². The van der Waals surface area contributed by atoms with E-state index in [1.807, 2.05) is 25.1 Å². The Morgan fingerprint density at radius 1 is 1.21 bits per heavy atom. The Kier molecular flexibility index (Phi) is 7.58. The maximum atomic E-state index is 12.9. The highest BCUT2D eigenvalue weighted by atomic mass is 35.5. The van der Waals surface area contributed by atoms with Crippen molar-refractivity contribution in [1.82, 2.24) is 19.4 Å². The van der Waals surface area contributed by atoms with Crippen LogP contribution in [0.4, 0.5) is 13.2 Å². The summed E-state index contributed by atoms with van der Waals surface area (Å²) < 4.78 is 47.3. The molecule has 1 fully saturated rings. The third kappa shape index (κ3) is 5.90. The van der Waals surface area contributed by atoms with Gasteiger partial charge in [-0.3, -0.25) is 18.9 Å². The monoisotopic (exact) mass is 578 g/mol. The van der Waals surface area contributed by atoms with Gasteiger partial charge in [-0.15, -0.1) is 11.3 Å². The molecule has 0 radical (unpaired) electrons. The van der Waals surface area contributed by atoms with E-state index in [2.05, 4.69) is 17.2 Å². The predicted molar refractivity (Wildman–Crippen MR) is 146 cm³/mol. The first kappa shape index (κ1) is 27.4. The average molecular weight is 579 g/mol. The SMILES string of the molecule is Cc1cc(Cl)cc(-c2ccnc3cc(Cn4c(=O)ccn(CC(F)(F)F)c4=O)sc23)c1O[C@@H]1CCCN[C@@H]1C. The molecular formula is C27H26ClF3N4O3S. The van der Waals surface area contributed by atoms with Gasteiger partial charge < -0.3 is 10.1 Å². The number of thiophene rings is 1. The fourth-order valence-corrected chi connectivity index (χ4v) is 6.27. The molecule has 7 nitrogen and oxygen atoms in total. The van der Waals surface area contributed by atoms with Gasteiger partial charge in [-0.2, -0.15) is 13.2 Å². The molecule has 3 aromatic heterocycles. The molecule has 5 rings (SSSR count). The van der Waals surface area contributed by atoms with Crippen LogP contribution >= 0.6 is 22.9 Å². The summed E-state index contributed by atoms with van der Waals surface area (Å²) in [5.41, 5.74) is 1.43. The lowest BCUT2D eigenvalue weighted by molar-refractivity contribution is -0.141. The standard InChI is InChI=1S/C27H26ClF3N4O3S/c1-15-10-17(28)11-20(24(15)38-22-4-3-7-32-16(22)2)19-5-8-33-21-12-18(39-25(19)21)13-35-23(36)6-9-34(26(35)37)14-27(29,30)31/h5-6,8-12,16,22,32H,3-4,7,13-14H2,1-2H3/t16-,22-/m1/s1. The summed E-state index contributed by atoms with van der Waals surface area (Å²) in [5, 5.41) is 4.00. The number of fused-ring (bicyclic) bond motifs is 1. The predicted octanol–water partition coefficient (Wildman–Crippen LogP) is 5.38. The van der Waals surface area contributed by atoms with Crippen LogP contribution in [-0.4, -0.2) is 39.0 Å². The third-order valence-electron chi connectivity index (χ3n) is 6.75. The zero-order chi connectivity index (χ0) is 27.9. The number of piperidine rings is 1.